The lowest BCUT2D eigenvalue weighted by Crippen LogP contribution is -2.08. The first kappa shape index (κ1) is 15.4. The smallest absolute Gasteiger partial charge is 0.342 e. The Hall–Kier alpha value is -1.95. The summed E-state index contributed by atoms with van der Waals surface area (Å²) < 4.78 is 1.55. The van der Waals surface area contributed by atoms with Gasteiger partial charge in [-0.15, -0.1) is 11.8 Å². The highest BCUT2D eigenvalue weighted by Crippen LogP contribution is 2.31. The Morgan fingerprint density at radius 1 is 1.33 bits per heavy atom. The molecule has 0 spiro atoms. The summed E-state index contributed by atoms with van der Waals surface area (Å²) >= 11 is 1.38. The molecular formula is C15H19N3O2S. The molecule has 0 bridgehead atoms. The number of thioether (sulfide) groups is 1. The van der Waals surface area contributed by atoms with Crippen molar-refractivity contribution in [2.24, 2.45) is 0 Å². The summed E-state index contributed by atoms with van der Waals surface area (Å²) in [7, 11) is 0. The average Bonchev–Trinajstić information content (AvgIpc) is 2.65. The maximum absolute atomic E-state index is 11.4. The van der Waals surface area contributed by atoms with Crippen molar-refractivity contribution < 1.29 is 9.90 Å². The van der Waals surface area contributed by atoms with E-state index in [2.05, 4.69) is 5.10 Å². The zero-order chi connectivity index (χ0) is 15.7. The second kappa shape index (κ2) is 5.81. The summed E-state index contributed by atoms with van der Waals surface area (Å²) in [5.74, 6) is -0.131. The zero-order valence-corrected chi connectivity index (χ0v) is 13.4. The number of aromatic nitrogens is 2. The van der Waals surface area contributed by atoms with Crippen molar-refractivity contribution >= 4 is 23.5 Å². The van der Waals surface area contributed by atoms with Crippen LogP contribution in [0.1, 0.15) is 34.0 Å². The van der Waals surface area contributed by atoms with E-state index in [4.69, 9.17) is 5.73 Å². The first-order chi connectivity index (χ1) is 9.86. The molecule has 5 nitrogen and oxygen atoms in total. The van der Waals surface area contributed by atoms with E-state index in [9.17, 15) is 9.90 Å². The van der Waals surface area contributed by atoms with Gasteiger partial charge in [0.2, 0.25) is 0 Å². The molecule has 1 heterocycles. The monoisotopic (exact) mass is 305 g/mol. The van der Waals surface area contributed by atoms with Crippen molar-refractivity contribution in [1.82, 2.24) is 9.78 Å². The number of anilines is 1. The highest BCUT2D eigenvalue weighted by molar-refractivity contribution is 7.99. The predicted molar refractivity (Wildman–Crippen MR) is 85.5 cm³/mol. The Bertz CT molecular complexity index is 684. The van der Waals surface area contributed by atoms with Crippen molar-refractivity contribution in [2.75, 3.05) is 11.5 Å². The van der Waals surface area contributed by atoms with Crippen LogP contribution in [0.25, 0.3) is 5.69 Å². The van der Waals surface area contributed by atoms with Crippen molar-refractivity contribution in [3.63, 3.8) is 0 Å². The number of nitrogen functional groups attached to an aromatic ring is 1. The lowest BCUT2D eigenvalue weighted by molar-refractivity contribution is 0.0694. The van der Waals surface area contributed by atoms with E-state index in [-0.39, 0.29) is 11.4 Å². The fourth-order valence-corrected chi connectivity index (χ4v) is 3.27. The lowest BCUT2D eigenvalue weighted by Gasteiger charge is -2.12. The fourth-order valence-electron chi connectivity index (χ4n) is 2.53. The molecule has 0 fully saturated rings. The SMILES string of the molecule is CCSc1nn(-c2c(C)cc(C)cc2C)c(N)c1C(=O)O. The van der Waals surface area contributed by atoms with Crippen LogP contribution in [0, 0.1) is 20.8 Å². The van der Waals surface area contributed by atoms with E-state index in [1.54, 1.807) is 4.68 Å². The number of carboxylic acid groups (broad SMARTS) is 1. The van der Waals surface area contributed by atoms with E-state index >= 15 is 0 Å². The molecular weight excluding hydrogens is 286 g/mol. The molecule has 0 aliphatic carbocycles. The largest absolute Gasteiger partial charge is 0.477 e. The average molecular weight is 305 g/mol. The minimum absolute atomic E-state index is 0.0845. The molecule has 0 atom stereocenters. The molecule has 112 valence electrons. The van der Waals surface area contributed by atoms with Gasteiger partial charge in [-0.1, -0.05) is 24.6 Å². The van der Waals surface area contributed by atoms with E-state index in [0.29, 0.717) is 5.03 Å². The van der Waals surface area contributed by atoms with Gasteiger partial charge in [-0.2, -0.15) is 5.10 Å². The van der Waals surface area contributed by atoms with Crippen LogP contribution in [0.15, 0.2) is 17.2 Å². The van der Waals surface area contributed by atoms with Crippen LogP contribution in [0.2, 0.25) is 0 Å². The predicted octanol–water partition coefficient (Wildman–Crippen LogP) is 3.19. The van der Waals surface area contributed by atoms with Gasteiger partial charge in [0.05, 0.1) is 5.69 Å². The van der Waals surface area contributed by atoms with E-state index in [1.165, 1.54) is 11.8 Å². The van der Waals surface area contributed by atoms with Gasteiger partial charge in [-0.3, -0.25) is 0 Å². The lowest BCUT2D eigenvalue weighted by atomic mass is 10.1. The first-order valence-corrected chi connectivity index (χ1v) is 7.68. The summed E-state index contributed by atoms with van der Waals surface area (Å²) in [5, 5.41) is 14.2. The summed E-state index contributed by atoms with van der Waals surface area (Å²) in [4.78, 5) is 11.4. The summed E-state index contributed by atoms with van der Waals surface area (Å²) in [6.45, 7) is 7.93. The van der Waals surface area contributed by atoms with Gasteiger partial charge >= 0.3 is 5.97 Å². The van der Waals surface area contributed by atoms with Crippen LogP contribution in [-0.4, -0.2) is 26.6 Å². The maximum Gasteiger partial charge on any atom is 0.342 e. The molecule has 0 saturated heterocycles. The normalized spacial score (nSPS) is 10.9. The molecule has 0 saturated carbocycles. The number of carbonyl (C=O) groups is 1. The van der Waals surface area contributed by atoms with Crippen LogP contribution >= 0.6 is 11.8 Å². The van der Waals surface area contributed by atoms with Crippen molar-refractivity contribution in [3.8, 4) is 5.69 Å². The van der Waals surface area contributed by atoms with Gasteiger partial charge in [-0.05, 0) is 37.7 Å². The molecule has 1 aromatic heterocycles. The molecule has 6 heteroatoms. The Balaban J connectivity index is 2.71. The van der Waals surface area contributed by atoms with Crippen molar-refractivity contribution in [1.29, 1.82) is 0 Å². The number of hydrogen-bond acceptors (Lipinski definition) is 4. The third kappa shape index (κ3) is 2.76. The second-order valence-electron chi connectivity index (χ2n) is 4.96. The Morgan fingerprint density at radius 2 is 1.90 bits per heavy atom. The molecule has 2 aromatic rings. The number of hydrogen-bond donors (Lipinski definition) is 2. The zero-order valence-electron chi connectivity index (χ0n) is 12.6. The molecule has 2 rings (SSSR count). The Morgan fingerprint density at radius 3 is 2.38 bits per heavy atom. The Kier molecular flexibility index (Phi) is 4.27. The van der Waals surface area contributed by atoms with E-state index in [1.807, 2.05) is 39.8 Å². The first-order valence-electron chi connectivity index (χ1n) is 6.69. The number of carboxylic acids is 1. The van der Waals surface area contributed by atoms with Gasteiger partial charge < -0.3 is 10.8 Å². The van der Waals surface area contributed by atoms with E-state index < -0.39 is 5.97 Å². The molecule has 1 aromatic carbocycles. The third-order valence-electron chi connectivity index (χ3n) is 3.23. The minimum atomic E-state index is -1.04. The maximum atomic E-state index is 11.4. The summed E-state index contributed by atoms with van der Waals surface area (Å²) in [6, 6.07) is 4.08. The number of rotatable bonds is 4. The van der Waals surface area contributed by atoms with Crippen LogP contribution in [0.5, 0.6) is 0 Å². The van der Waals surface area contributed by atoms with Crippen LogP contribution in [0.4, 0.5) is 5.82 Å². The summed E-state index contributed by atoms with van der Waals surface area (Å²) in [5.41, 5.74) is 10.2. The topological polar surface area (TPSA) is 81.1 Å². The van der Waals surface area contributed by atoms with Crippen LogP contribution < -0.4 is 5.73 Å². The highest BCUT2D eigenvalue weighted by atomic mass is 32.2. The molecule has 0 unspecified atom stereocenters. The standard InChI is InChI=1S/C15H19N3O2S/c1-5-21-14-11(15(19)20)13(16)18(17-14)12-9(3)6-8(2)7-10(12)4/h6-7H,5,16H2,1-4H3,(H,19,20). The number of nitrogens with two attached hydrogens (primary N) is 1. The number of aromatic carboxylic acids is 1. The van der Waals surface area contributed by atoms with Gasteiger partial charge in [0.25, 0.3) is 0 Å². The van der Waals surface area contributed by atoms with Gasteiger partial charge in [-0.25, -0.2) is 9.48 Å². The molecule has 21 heavy (non-hydrogen) atoms. The number of benzene rings is 1. The fraction of sp³-hybridized carbons (Fsp3) is 0.333. The number of aryl methyl sites for hydroxylation is 3. The molecule has 0 amide bonds. The summed E-state index contributed by atoms with van der Waals surface area (Å²) in [6.07, 6.45) is 0. The number of nitrogens with zero attached hydrogens (tertiary/aromatic N) is 2. The van der Waals surface area contributed by atoms with Crippen LogP contribution in [0.3, 0.4) is 0 Å². The Labute approximate surface area is 128 Å². The second-order valence-corrected chi connectivity index (χ2v) is 6.22. The van der Waals surface area contributed by atoms with Crippen LogP contribution in [-0.2, 0) is 0 Å². The van der Waals surface area contributed by atoms with Gasteiger partial charge in [0, 0.05) is 0 Å². The minimum Gasteiger partial charge on any atom is -0.477 e. The highest BCUT2D eigenvalue weighted by Gasteiger charge is 2.23. The third-order valence-corrected chi connectivity index (χ3v) is 4.08. The van der Waals surface area contributed by atoms with Crippen molar-refractivity contribution in [2.45, 2.75) is 32.7 Å². The molecule has 0 radical (unpaired) electrons. The van der Waals surface area contributed by atoms with E-state index in [0.717, 1.165) is 28.1 Å². The quantitative estimate of drug-likeness (QED) is 0.848. The molecule has 3 N–H and O–H groups in total. The molecule has 0 aliphatic rings. The van der Waals surface area contributed by atoms with Gasteiger partial charge in [0.1, 0.15) is 16.4 Å². The molecule has 0 aliphatic heterocycles. The van der Waals surface area contributed by atoms with Crippen molar-refractivity contribution in [3.05, 3.63) is 34.4 Å². The van der Waals surface area contributed by atoms with Gasteiger partial charge in [0.15, 0.2) is 0 Å².